The number of hydrogen-bond donors (Lipinski definition) is 2. The van der Waals surface area contributed by atoms with Crippen LogP contribution in [-0.4, -0.2) is 63.7 Å². The van der Waals surface area contributed by atoms with Crippen molar-refractivity contribution in [2.45, 2.75) is 52.1 Å². The minimum Gasteiger partial charge on any atom is -0.357 e. The highest BCUT2D eigenvalue weighted by Gasteiger charge is 2.21. The first-order valence-corrected chi connectivity index (χ1v) is 9.75. The van der Waals surface area contributed by atoms with E-state index in [1.807, 2.05) is 28.8 Å². The summed E-state index contributed by atoms with van der Waals surface area (Å²) >= 11 is 0. The van der Waals surface area contributed by atoms with Crippen LogP contribution in [0.1, 0.15) is 39.4 Å². The number of likely N-dealkylation sites (tertiary alicyclic amines) is 1. The van der Waals surface area contributed by atoms with Gasteiger partial charge in [-0.05, 0) is 45.7 Å². The molecule has 3 heterocycles. The Kier molecular flexibility index (Phi) is 6.44. The summed E-state index contributed by atoms with van der Waals surface area (Å²) in [5.41, 5.74) is 0.883. The van der Waals surface area contributed by atoms with E-state index in [9.17, 15) is 0 Å². The number of rotatable bonds is 6. The van der Waals surface area contributed by atoms with Crippen molar-refractivity contribution in [1.82, 2.24) is 30.1 Å². The Morgan fingerprint density at radius 2 is 2.08 bits per heavy atom. The average molecular weight is 358 g/mol. The third-order valence-electron chi connectivity index (χ3n) is 4.93. The summed E-state index contributed by atoms with van der Waals surface area (Å²) in [6.07, 6.45) is 5.10. The first-order valence-electron chi connectivity index (χ1n) is 9.75. The maximum Gasteiger partial charge on any atom is 0.191 e. The van der Waals surface area contributed by atoms with Gasteiger partial charge < -0.3 is 15.5 Å². The topological polar surface area (TPSA) is 69.8 Å². The van der Waals surface area contributed by atoms with Gasteiger partial charge in [-0.15, -0.1) is 10.2 Å². The molecule has 0 atom stereocenters. The summed E-state index contributed by atoms with van der Waals surface area (Å²) < 4.78 is 2.03. The van der Waals surface area contributed by atoms with Crippen LogP contribution in [0, 0.1) is 0 Å². The van der Waals surface area contributed by atoms with Crippen molar-refractivity contribution in [2.24, 2.45) is 4.99 Å². The zero-order valence-electron chi connectivity index (χ0n) is 16.1. The molecular weight excluding hydrogens is 326 g/mol. The maximum absolute atomic E-state index is 4.74. The second-order valence-corrected chi connectivity index (χ2v) is 7.10. The number of aliphatic imine (C=N–C) groups is 1. The minimum atomic E-state index is 0.497. The molecule has 0 aliphatic carbocycles. The Hall–Kier alpha value is -2.15. The lowest BCUT2D eigenvalue weighted by Crippen LogP contribution is -2.49. The number of hydrogen-bond acceptors (Lipinski definition) is 4. The summed E-state index contributed by atoms with van der Waals surface area (Å²) in [6, 6.07) is 7.07. The fraction of sp³-hybridized carbons (Fsp3) is 0.632. The molecule has 26 heavy (non-hydrogen) atoms. The SMILES string of the molecule is CCNC(=NCCc1nnc2ccccn12)NC1CCN(C(C)C)CC1. The van der Waals surface area contributed by atoms with E-state index in [0.29, 0.717) is 18.6 Å². The molecule has 2 aromatic rings. The van der Waals surface area contributed by atoms with Crippen LogP contribution in [0.25, 0.3) is 5.65 Å². The molecule has 1 aliphatic rings. The molecule has 0 radical (unpaired) electrons. The number of fused-ring (bicyclic) bond motifs is 1. The van der Waals surface area contributed by atoms with Crippen molar-refractivity contribution < 1.29 is 0 Å². The average Bonchev–Trinajstić information content (AvgIpc) is 3.06. The van der Waals surface area contributed by atoms with Crippen LogP contribution in [0.4, 0.5) is 0 Å². The van der Waals surface area contributed by atoms with Crippen molar-refractivity contribution in [3.8, 4) is 0 Å². The molecule has 3 rings (SSSR count). The van der Waals surface area contributed by atoms with Gasteiger partial charge in [-0.2, -0.15) is 0 Å². The number of guanidine groups is 1. The molecule has 0 aromatic carbocycles. The van der Waals surface area contributed by atoms with Crippen LogP contribution in [0.3, 0.4) is 0 Å². The van der Waals surface area contributed by atoms with E-state index in [2.05, 4.69) is 46.5 Å². The van der Waals surface area contributed by atoms with Crippen molar-refractivity contribution in [2.75, 3.05) is 26.2 Å². The fourth-order valence-electron chi connectivity index (χ4n) is 3.40. The normalized spacial score (nSPS) is 17.2. The first kappa shape index (κ1) is 18.6. The smallest absolute Gasteiger partial charge is 0.191 e. The molecule has 1 saturated heterocycles. The highest BCUT2D eigenvalue weighted by atomic mass is 15.2. The van der Waals surface area contributed by atoms with Gasteiger partial charge in [0.2, 0.25) is 0 Å². The predicted molar refractivity (Wildman–Crippen MR) is 106 cm³/mol. The van der Waals surface area contributed by atoms with Crippen LogP contribution in [0.5, 0.6) is 0 Å². The zero-order valence-corrected chi connectivity index (χ0v) is 16.1. The molecule has 0 spiro atoms. The molecule has 2 N–H and O–H groups in total. The zero-order chi connectivity index (χ0) is 18.4. The second kappa shape index (κ2) is 8.98. The predicted octanol–water partition coefficient (Wildman–Crippen LogP) is 1.70. The van der Waals surface area contributed by atoms with Gasteiger partial charge in [0.15, 0.2) is 11.6 Å². The molecule has 7 heteroatoms. The maximum atomic E-state index is 4.74. The first-order chi connectivity index (χ1) is 12.7. The molecule has 1 aliphatic heterocycles. The van der Waals surface area contributed by atoms with E-state index in [4.69, 9.17) is 4.99 Å². The van der Waals surface area contributed by atoms with Crippen LogP contribution in [0.2, 0.25) is 0 Å². The van der Waals surface area contributed by atoms with Crippen molar-refractivity contribution in [1.29, 1.82) is 0 Å². The Labute approximate surface area is 155 Å². The van der Waals surface area contributed by atoms with Gasteiger partial charge in [0.25, 0.3) is 0 Å². The van der Waals surface area contributed by atoms with Crippen molar-refractivity contribution >= 4 is 11.6 Å². The lowest BCUT2D eigenvalue weighted by molar-refractivity contribution is 0.167. The Bertz CT molecular complexity index is 714. The van der Waals surface area contributed by atoms with E-state index < -0.39 is 0 Å². The molecule has 0 amide bonds. The number of aromatic nitrogens is 3. The van der Waals surface area contributed by atoms with E-state index in [1.165, 1.54) is 0 Å². The van der Waals surface area contributed by atoms with Gasteiger partial charge in [-0.3, -0.25) is 9.39 Å². The number of nitrogens with one attached hydrogen (secondary N) is 2. The summed E-state index contributed by atoms with van der Waals surface area (Å²) in [5.74, 6) is 1.86. The van der Waals surface area contributed by atoms with Crippen LogP contribution < -0.4 is 10.6 Å². The summed E-state index contributed by atoms with van der Waals surface area (Å²) in [6.45, 7) is 10.5. The molecule has 1 fully saturated rings. The van der Waals surface area contributed by atoms with E-state index in [1.54, 1.807) is 0 Å². The number of nitrogens with zero attached hydrogens (tertiary/aromatic N) is 5. The minimum absolute atomic E-state index is 0.497. The Balaban J connectivity index is 1.54. The largest absolute Gasteiger partial charge is 0.357 e. The fourth-order valence-corrected chi connectivity index (χ4v) is 3.40. The summed E-state index contributed by atoms with van der Waals surface area (Å²) in [7, 11) is 0. The van der Waals surface area contributed by atoms with Crippen LogP contribution >= 0.6 is 0 Å². The molecule has 142 valence electrons. The van der Waals surface area contributed by atoms with Gasteiger partial charge >= 0.3 is 0 Å². The standard InChI is InChI=1S/C19H31N7/c1-4-20-19(22-16-9-13-25(14-10-16)15(2)3)21-11-8-18-24-23-17-7-5-6-12-26(17)18/h5-7,12,15-16H,4,8-11,13-14H2,1-3H3,(H2,20,21,22). The Morgan fingerprint density at radius 3 is 2.81 bits per heavy atom. The van der Waals surface area contributed by atoms with E-state index >= 15 is 0 Å². The lowest BCUT2D eigenvalue weighted by Gasteiger charge is -2.35. The second-order valence-electron chi connectivity index (χ2n) is 7.10. The molecule has 2 aromatic heterocycles. The highest BCUT2D eigenvalue weighted by Crippen LogP contribution is 2.12. The molecular formula is C19H31N7. The van der Waals surface area contributed by atoms with Crippen molar-refractivity contribution in [3.63, 3.8) is 0 Å². The van der Waals surface area contributed by atoms with Gasteiger partial charge in [0.1, 0.15) is 5.82 Å². The van der Waals surface area contributed by atoms with E-state index in [-0.39, 0.29) is 0 Å². The van der Waals surface area contributed by atoms with Gasteiger partial charge in [0.05, 0.1) is 0 Å². The summed E-state index contributed by atoms with van der Waals surface area (Å²) in [5, 5.41) is 15.4. The molecule has 0 saturated carbocycles. The summed E-state index contributed by atoms with van der Waals surface area (Å²) in [4.78, 5) is 7.28. The third kappa shape index (κ3) is 4.72. The number of pyridine rings is 1. The van der Waals surface area contributed by atoms with Crippen LogP contribution in [-0.2, 0) is 6.42 Å². The van der Waals surface area contributed by atoms with Crippen molar-refractivity contribution in [3.05, 3.63) is 30.2 Å². The number of piperidine rings is 1. The molecule has 0 unspecified atom stereocenters. The lowest BCUT2D eigenvalue weighted by atomic mass is 10.0. The van der Waals surface area contributed by atoms with E-state index in [0.717, 1.165) is 56.3 Å². The monoisotopic (exact) mass is 357 g/mol. The van der Waals surface area contributed by atoms with Gasteiger partial charge in [-0.1, -0.05) is 6.07 Å². The van der Waals surface area contributed by atoms with Crippen LogP contribution in [0.15, 0.2) is 29.4 Å². The quantitative estimate of drug-likeness (QED) is 0.608. The molecule has 0 bridgehead atoms. The molecule has 7 nitrogen and oxygen atoms in total. The third-order valence-corrected chi connectivity index (χ3v) is 4.93. The van der Waals surface area contributed by atoms with Gasteiger partial charge in [-0.25, -0.2) is 0 Å². The Morgan fingerprint density at radius 1 is 1.27 bits per heavy atom. The highest BCUT2D eigenvalue weighted by molar-refractivity contribution is 5.80. The van der Waals surface area contributed by atoms with Gasteiger partial charge in [0, 0.05) is 50.9 Å².